The molecule has 0 aliphatic heterocycles. The molecule has 0 atom stereocenters. The Labute approximate surface area is 209 Å². The highest BCUT2D eigenvalue weighted by molar-refractivity contribution is 7.91. The Hall–Kier alpha value is -4.41. The lowest BCUT2D eigenvalue weighted by Crippen LogP contribution is -2.06. The Morgan fingerprint density at radius 3 is 1.39 bits per heavy atom. The van der Waals surface area contributed by atoms with E-state index >= 15 is 0 Å². The number of rotatable bonds is 8. The maximum absolute atomic E-state index is 13.9. The van der Waals surface area contributed by atoms with E-state index in [0.29, 0.717) is 32.0 Å². The number of nitro groups is 2. The largest absolute Gasteiger partial charge is 0.606 e. The van der Waals surface area contributed by atoms with Gasteiger partial charge < -0.3 is 14.0 Å². The van der Waals surface area contributed by atoms with Crippen molar-refractivity contribution in [2.24, 2.45) is 0 Å². The molecule has 9 nitrogen and oxygen atoms in total. The molecule has 0 heterocycles. The van der Waals surface area contributed by atoms with Crippen LogP contribution in [-0.2, 0) is 11.2 Å². The zero-order valence-corrected chi connectivity index (χ0v) is 20.1. The van der Waals surface area contributed by atoms with Crippen molar-refractivity contribution >= 4 is 22.6 Å². The summed E-state index contributed by atoms with van der Waals surface area (Å²) >= 11 is -1.72. The zero-order chi connectivity index (χ0) is 25.8. The molecule has 4 aromatic carbocycles. The minimum atomic E-state index is -1.72. The van der Waals surface area contributed by atoms with Gasteiger partial charge in [0.25, 0.3) is 0 Å². The van der Waals surface area contributed by atoms with Crippen LogP contribution in [-0.4, -0.2) is 28.6 Å². The van der Waals surface area contributed by atoms with Gasteiger partial charge >= 0.3 is 11.4 Å². The van der Waals surface area contributed by atoms with Gasteiger partial charge in [-0.05, 0) is 59.7 Å². The van der Waals surface area contributed by atoms with Gasteiger partial charge in [0.1, 0.15) is 0 Å². The number of nitro benzene ring substituents is 2. The number of nitrogens with zero attached hydrogens (tertiary/aromatic N) is 2. The third-order valence-electron chi connectivity index (χ3n) is 5.55. The number of ether oxygens (including phenoxy) is 2. The number of hydrogen-bond acceptors (Lipinski definition) is 7. The Bertz CT molecular complexity index is 1350. The third kappa shape index (κ3) is 4.72. The van der Waals surface area contributed by atoms with Gasteiger partial charge in [-0.1, -0.05) is 24.3 Å². The number of hydrogen-bond donors (Lipinski definition) is 0. The fourth-order valence-electron chi connectivity index (χ4n) is 3.85. The van der Waals surface area contributed by atoms with Crippen molar-refractivity contribution in [1.29, 1.82) is 0 Å². The topological polar surface area (TPSA) is 128 Å². The normalized spacial score (nSPS) is 10.8. The first-order valence-corrected chi connectivity index (χ1v) is 11.8. The quantitative estimate of drug-likeness (QED) is 0.163. The van der Waals surface area contributed by atoms with Crippen LogP contribution in [0.3, 0.4) is 0 Å². The van der Waals surface area contributed by atoms with Gasteiger partial charge in [0.15, 0.2) is 21.3 Å². The summed E-state index contributed by atoms with van der Waals surface area (Å²) in [7, 11) is 2.71. The van der Waals surface area contributed by atoms with Gasteiger partial charge in [0.05, 0.1) is 24.1 Å². The number of methoxy groups -OCH3 is 2. The highest BCUT2D eigenvalue weighted by Gasteiger charge is 2.26. The van der Waals surface area contributed by atoms with E-state index in [-0.39, 0.29) is 22.9 Å². The second-order valence-electron chi connectivity index (χ2n) is 7.55. The molecule has 0 aliphatic rings. The summed E-state index contributed by atoms with van der Waals surface area (Å²) in [5.41, 5.74) is 1.70. The highest BCUT2D eigenvalue weighted by Crippen LogP contribution is 2.40. The van der Waals surface area contributed by atoms with E-state index in [9.17, 15) is 24.8 Å². The Kier molecular flexibility index (Phi) is 7.18. The van der Waals surface area contributed by atoms with Crippen LogP contribution in [0, 0.1) is 20.2 Å². The molecule has 0 bridgehead atoms. The molecule has 0 aromatic heterocycles. The lowest BCUT2D eigenvalue weighted by Gasteiger charge is -2.17. The molecule has 182 valence electrons. The molecule has 0 N–H and O–H groups in total. The summed E-state index contributed by atoms with van der Waals surface area (Å²) in [5, 5.41) is 23.1. The average molecular weight is 505 g/mol. The minimum absolute atomic E-state index is 0.119. The molecule has 0 fully saturated rings. The molecule has 0 saturated carbocycles. The third-order valence-corrected chi connectivity index (χ3v) is 7.06. The molecule has 36 heavy (non-hydrogen) atoms. The molecule has 0 aliphatic carbocycles. The predicted molar refractivity (Wildman–Crippen MR) is 135 cm³/mol. The van der Waals surface area contributed by atoms with Crippen LogP contribution in [0.25, 0.3) is 22.3 Å². The van der Waals surface area contributed by atoms with E-state index in [0.717, 1.165) is 0 Å². The summed E-state index contributed by atoms with van der Waals surface area (Å²) < 4.78 is 24.1. The van der Waals surface area contributed by atoms with Crippen LogP contribution in [0.15, 0.2) is 94.7 Å². The molecular formula is C26H20N2O7S. The van der Waals surface area contributed by atoms with Crippen LogP contribution < -0.4 is 9.47 Å². The van der Waals surface area contributed by atoms with Crippen LogP contribution in [0.4, 0.5) is 11.4 Å². The summed E-state index contributed by atoms with van der Waals surface area (Å²) in [6.07, 6.45) is 0. The van der Waals surface area contributed by atoms with Gasteiger partial charge in [-0.25, -0.2) is 0 Å². The molecule has 10 heteroatoms. The van der Waals surface area contributed by atoms with Crippen LogP contribution in [0.1, 0.15) is 0 Å². The Morgan fingerprint density at radius 2 is 1.03 bits per heavy atom. The van der Waals surface area contributed by atoms with E-state index in [1.54, 1.807) is 60.7 Å². The van der Waals surface area contributed by atoms with Crippen molar-refractivity contribution < 1.29 is 23.9 Å². The smallest absolute Gasteiger partial charge is 0.311 e. The molecular weight excluding hydrogens is 484 g/mol. The molecule has 4 rings (SSSR count). The Morgan fingerprint density at radius 1 is 0.639 bits per heavy atom. The van der Waals surface area contributed by atoms with Gasteiger partial charge in [0, 0.05) is 34.4 Å². The summed E-state index contributed by atoms with van der Waals surface area (Å²) in [5.74, 6) is 0.239. The van der Waals surface area contributed by atoms with E-state index in [4.69, 9.17) is 9.47 Å². The minimum Gasteiger partial charge on any atom is -0.606 e. The monoisotopic (exact) mass is 504 g/mol. The van der Waals surface area contributed by atoms with Crippen LogP contribution >= 0.6 is 0 Å². The summed E-state index contributed by atoms with van der Waals surface area (Å²) in [4.78, 5) is 22.9. The van der Waals surface area contributed by atoms with E-state index in [2.05, 4.69) is 0 Å². The van der Waals surface area contributed by atoms with Crippen LogP contribution in [0.2, 0.25) is 0 Å². The second-order valence-corrected chi connectivity index (χ2v) is 8.97. The maximum Gasteiger partial charge on any atom is 0.311 e. The summed E-state index contributed by atoms with van der Waals surface area (Å²) in [6.45, 7) is 0. The zero-order valence-electron chi connectivity index (χ0n) is 19.2. The van der Waals surface area contributed by atoms with Crippen molar-refractivity contribution in [3.05, 3.63) is 105 Å². The van der Waals surface area contributed by atoms with Gasteiger partial charge in [-0.2, -0.15) is 0 Å². The van der Waals surface area contributed by atoms with Crippen molar-refractivity contribution in [2.45, 2.75) is 9.79 Å². The van der Waals surface area contributed by atoms with Gasteiger partial charge in [-0.15, -0.1) is 0 Å². The molecule has 0 spiro atoms. The number of benzene rings is 4. The molecule has 4 aromatic rings. The highest BCUT2D eigenvalue weighted by atomic mass is 32.2. The van der Waals surface area contributed by atoms with Crippen molar-refractivity contribution in [3.8, 4) is 33.8 Å². The maximum atomic E-state index is 13.9. The fraction of sp³-hybridized carbons (Fsp3) is 0.0769. The van der Waals surface area contributed by atoms with Crippen molar-refractivity contribution in [1.82, 2.24) is 0 Å². The van der Waals surface area contributed by atoms with Crippen molar-refractivity contribution in [3.63, 3.8) is 0 Å². The van der Waals surface area contributed by atoms with E-state index in [1.807, 2.05) is 0 Å². The first-order chi connectivity index (χ1) is 17.3. The molecule has 0 saturated heterocycles. The van der Waals surface area contributed by atoms with Gasteiger partial charge in [-0.3, -0.25) is 20.2 Å². The van der Waals surface area contributed by atoms with E-state index < -0.39 is 21.0 Å². The lowest BCUT2D eigenvalue weighted by molar-refractivity contribution is -0.385. The standard InChI is InChI=1S/C26H20N2O7S/c1-34-23-13-11-17(15-21(23)27(29)30)19-7-3-5-9-25(19)36(33)26-10-6-4-8-20(26)18-12-14-24(35-2)22(16-18)28(31)32/h3-16H,1-2H3. The second kappa shape index (κ2) is 10.5. The molecule has 0 amide bonds. The van der Waals surface area contributed by atoms with E-state index in [1.165, 1.54) is 38.5 Å². The Balaban J connectivity index is 1.83. The fourth-order valence-corrected chi connectivity index (χ4v) is 5.26. The first kappa shape index (κ1) is 24.7. The van der Waals surface area contributed by atoms with Crippen LogP contribution in [0.5, 0.6) is 11.5 Å². The molecule has 0 unspecified atom stereocenters. The van der Waals surface area contributed by atoms with Crippen molar-refractivity contribution in [2.75, 3.05) is 14.2 Å². The predicted octanol–water partition coefficient (Wildman–Crippen LogP) is 6.02. The first-order valence-electron chi connectivity index (χ1n) is 10.6. The van der Waals surface area contributed by atoms with Gasteiger partial charge in [0.2, 0.25) is 0 Å². The molecule has 0 radical (unpaired) electrons. The SMILES string of the molecule is COc1ccc(-c2ccccc2[S+]([O-])c2ccccc2-c2ccc(OC)c([N+](=O)[O-])c2)cc1[N+](=O)[O-]. The average Bonchev–Trinajstić information content (AvgIpc) is 2.91. The lowest BCUT2D eigenvalue weighted by atomic mass is 10.0. The summed E-state index contributed by atoms with van der Waals surface area (Å²) in [6, 6.07) is 22.9.